The minimum atomic E-state index is 0.137. The van der Waals surface area contributed by atoms with E-state index in [1.54, 1.807) is 24.7 Å². The molecule has 4 heteroatoms. The molecule has 0 aliphatic heterocycles. The number of fused-ring (bicyclic) bond motifs is 1. The number of allylic oxidation sites excluding steroid dienone is 4. The molecule has 0 spiro atoms. The molecule has 4 N–H and O–H groups in total. The van der Waals surface area contributed by atoms with E-state index in [2.05, 4.69) is 17.6 Å². The van der Waals surface area contributed by atoms with Gasteiger partial charge in [0, 0.05) is 33.6 Å². The topological polar surface area (TPSA) is 79.4 Å². The fraction of sp³-hybridized carbons (Fsp3) is 0.292. The molecule has 0 unspecified atom stereocenters. The van der Waals surface area contributed by atoms with Crippen molar-refractivity contribution in [3.8, 4) is 11.5 Å². The maximum absolute atomic E-state index is 10.9. The van der Waals surface area contributed by atoms with Gasteiger partial charge in [0.25, 0.3) is 0 Å². The summed E-state index contributed by atoms with van der Waals surface area (Å²) in [6, 6.07) is 1.72. The number of hydrogen-bond acceptors (Lipinski definition) is 4. The van der Waals surface area contributed by atoms with E-state index in [-0.39, 0.29) is 11.5 Å². The molecule has 146 valence electrons. The fourth-order valence-corrected chi connectivity index (χ4v) is 3.97. The predicted octanol–water partition coefficient (Wildman–Crippen LogP) is 3.62. The Morgan fingerprint density at radius 1 is 1.21 bits per heavy atom. The summed E-state index contributed by atoms with van der Waals surface area (Å²) in [4.78, 5) is 4.09. The summed E-state index contributed by atoms with van der Waals surface area (Å²) >= 11 is 0. The first-order valence-corrected chi connectivity index (χ1v) is 9.74. The van der Waals surface area contributed by atoms with Crippen LogP contribution in [0.25, 0.3) is 22.9 Å². The van der Waals surface area contributed by atoms with Crippen LogP contribution in [0.15, 0.2) is 54.5 Å². The van der Waals surface area contributed by atoms with Crippen LogP contribution in [0.1, 0.15) is 33.1 Å². The first-order valence-electron chi connectivity index (χ1n) is 9.74. The van der Waals surface area contributed by atoms with Gasteiger partial charge in [-0.1, -0.05) is 31.2 Å². The van der Waals surface area contributed by atoms with Crippen LogP contribution in [-0.4, -0.2) is 15.2 Å². The Bertz CT molecular complexity index is 1070. The smallest absolute Gasteiger partial charge is 0.133 e. The third-order valence-corrected chi connectivity index (χ3v) is 5.63. The lowest BCUT2D eigenvalue weighted by molar-refractivity contribution is 0.277. The zero-order chi connectivity index (χ0) is 20.3. The summed E-state index contributed by atoms with van der Waals surface area (Å²) in [5.41, 5.74) is 7.75. The molecular weight excluding hydrogens is 348 g/mol. The van der Waals surface area contributed by atoms with Crippen LogP contribution in [-0.2, 0) is 0 Å². The minimum Gasteiger partial charge on any atom is -0.507 e. The molecular formula is C24H28N2O2. The summed E-state index contributed by atoms with van der Waals surface area (Å²) in [5.74, 6) is 1.15. The van der Waals surface area contributed by atoms with Crippen LogP contribution >= 0.6 is 0 Å². The molecule has 3 rings (SSSR count). The number of pyridine rings is 1. The molecule has 1 saturated carbocycles. The number of nitrogens with zero attached hydrogens (tertiary/aromatic N) is 1. The van der Waals surface area contributed by atoms with Gasteiger partial charge in [-0.25, -0.2) is 0 Å². The van der Waals surface area contributed by atoms with E-state index in [0.29, 0.717) is 33.0 Å². The van der Waals surface area contributed by atoms with E-state index >= 15 is 0 Å². The zero-order valence-corrected chi connectivity index (χ0v) is 16.5. The molecule has 1 aliphatic rings. The second-order valence-corrected chi connectivity index (χ2v) is 7.29. The largest absolute Gasteiger partial charge is 0.507 e. The van der Waals surface area contributed by atoms with E-state index in [1.165, 1.54) is 5.57 Å². The quantitative estimate of drug-likeness (QED) is 0.550. The third-order valence-electron chi connectivity index (χ3n) is 5.63. The summed E-state index contributed by atoms with van der Waals surface area (Å²) < 4.78 is 0. The molecule has 0 amide bonds. The highest BCUT2D eigenvalue weighted by molar-refractivity contribution is 5.93. The van der Waals surface area contributed by atoms with Crippen molar-refractivity contribution in [1.82, 2.24) is 4.98 Å². The molecule has 0 atom stereocenters. The molecule has 0 bridgehead atoms. The average molecular weight is 377 g/mol. The summed E-state index contributed by atoms with van der Waals surface area (Å²) in [5, 5.41) is 24.1. The van der Waals surface area contributed by atoms with Gasteiger partial charge < -0.3 is 15.9 Å². The Balaban J connectivity index is 2.01. The van der Waals surface area contributed by atoms with Crippen molar-refractivity contribution in [2.75, 3.05) is 0 Å². The van der Waals surface area contributed by atoms with Gasteiger partial charge >= 0.3 is 0 Å². The van der Waals surface area contributed by atoms with Crippen LogP contribution in [0.5, 0.6) is 11.5 Å². The Morgan fingerprint density at radius 2 is 1.93 bits per heavy atom. The Morgan fingerprint density at radius 3 is 2.57 bits per heavy atom. The van der Waals surface area contributed by atoms with E-state index in [1.807, 2.05) is 32.1 Å². The predicted molar refractivity (Wildman–Crippen MR) is 116 cm³/mol. The second kappa shape index (κ2) is 8.34. The van der Waals surface area contributed by atoms with Crippen LogP contribution in [0.2, 0.25) is 0 Å². The maximum Gasteiger partial charge on any atom is 0.133 e. The third kappa shape index (κ3) is 3.55. The highest BCUT2D eigenvalue weighted by Gasteiger charge is 2.31. The molecule has 4 nitrogen and oxygen atoms in total. The van der Waals surface area contributed by atoms with Gasteiger partial charge in [-0.15, -0.1) is 0 Å². The lowest BCUT2D eigenvalue weighted by Crippen LogP contribution is -2.29. The molecule has 1 fully saturated rings. The number of nitrogens with two attached hydrogens (primary N) is 1. The number of aromatic nitrogens is 1. The number of hydrogen-bond donors (Lipinski definition) is 3. The SMILES string of the molecule is C=C(/C=c1/c(O)c2cnccc2c(O)/c1=C/CC)C1CC(C(/C=C\N)=C/C)C1. The summed E-state index contributed by atoms with van der Waals surface area (Å²) in [6.45, 7) is 8.28. The average Bonchev–Trinajstić information content (AvgIpc) is 2.66. The van der Waals surface area contributed by atoms with E-state index in [0.717, 1.165) is 24.8 Å². The molecule has 2 aromatic rings. The van der Waals surface area contributed by atoms with Crippen molar-refractivity contribution in [3.05, 3.63) is 65.0 Å². The zero-order valence-electron chi connectivity index (χ0n) is 16.5. The van der Waals surface area contributed by atoms with Gasteiger partial charge in [0.05, 0.1) is 0 Å². The van der Waals surface area contributed by atoms with Crippen molar-refractivity contribution in [1.29, 1.82) is 0 Å². The van der Waals surface area contributed by atoms with Crippen molar-refractivity contribution in [2.24, 2.45) is 17.6 Å². The fourth-order valence-electron chi connectivity index (χ4n) is 3.97. The molecule has 1 aliphatic carbocycles. The standard InChI is InChI=1S/C24H28N2O2/c1-4-6-19-21(24(28)22-14-26-10-8-20(22)23(19)27)11-15(3)17-12-18(13-17)16(5-2)7-9-25/h5-11,14,17-18,27-28H,3-4,12-13,25H2,1-2H3/b9-7-,16-5+,19-6+,21-11+. The summed E-state index contributed by atoms with van der Waals surface area (Å²) in [6.07, 6.45) is 15.5. The van der Waals surface area contributed by atoms with Gasteiger partial charge in [-0.2, -0.15) is 0 Å². The van der Waals surface area contributed by atoms with E-state index < -0.39 is 0 Å². The van der Waals surface area contributed by atoms with Gasteiger partial charge in [-0.05, 0) is 68.0 Å². The van der Waals surface area contributed by atoms with E-state index in [9.17, 15) is 10.2 Å². The van der Waals surface area contributed by atoms with Crippen molar-refractivity contribution in [2.45, 2.75) is 33.1 Å². The normalized spacial score (nSPS) is 21.4. The van der Waals surface area contributed by atoms with Gasteiger partial charge in [0.2, 0.25) is 0 Å². The van der Waals surface area contributed by atoms with Crippen LogP contribution < -0.4 is 16.2 Å². The molecule has 0 radical (unpaired) electrons. The minimum absolute atomic E-state index is 0.137. The lowest BCUT2D eigenvalue weighted by Gasteiger charge is -2.37. The van der Waals surface area contributed by atoms with Crippen molar-refractivity contribution < 1.29 is 10.2 Å². The highest BCUT2D eigenvalue weighted by Crippen LogP contribution is 2.43. The van der Waals surface area contributed by atoms with Crippen molar-refractivity contribution in [3.63, 3.8) is 0 Å². The Labute approximate surface area is 165 Å². The van der Waals surface area contributed by atoms with E-state index in [4.69, 9.17) is 5.73 Å². The lowest BCUT2D eigenvalue weighted by atomic mass is 9.68. The van der Waals surface area contributed by atoms with Crippen LogP contribution in [0, 0.1) is 11.8 Å². The van der Waals surface area contributed by atoms with Gasteiger partial charge in [0.15, 0.2) is 0 Å². The number of aromatic hydroxyl groups is 2. The van der Waals surface area contributed by atoms with Crippen LogP contribution in [0.4, 0.5) is 0 Å². The molecule has 28 heavy (non-hydrogen) atoms. The van der Waals surface area contributed by atoms with Crippen molar-refractivity contribution >= 4 is 22.9 Å². The van der Waals surface area contributed by atoms with Gasteiger partial charge in [-0.3, -0.25) is 4.98 Å². The maximum atomic E-state index is 10.9. The number of rotatable bonds is 5. The molecule has 1 aromatic carbocycles. The molecule has 1 heterocycles. The highest BCUT2D eigenvalue weighted by atomic mass is 16.3. The Hall–Kier alpha value is -3.01. The Kier molecular flexibility index (Phi) is 5.88. The van der Waals surface area contributed by atoms with Crippen LogP contribution in [0.3, 0.4) is 0 Å². The monoisotopic (exact) mass is 376 g/mol. The molecule has 1 aromatic heterocycles. The number of phenolic OH excluding ortho intramolecular Hbond substituents is 2. The summed E-state index contributed by atoms with van der Waals surface area (Å²) in [7, 11) is 0. The first kappa shape index (κ1) is 19.7. The second-order valence-electron chi connectivity index (χ2n) is 7.29. The molecule has 0 saturated heterocycles. The van der Waals surface area contributed by atoms with Gasteiger partial charge in [0.1, 0.15) is 11.5 Å². The first-order chi connectivity index (χ1) is 13.5. The number of benzene rings is 1. The number of phenols is 2.